The molecule has 0 radical (unpaired) electrons. The molecule has 0 unspecified atom stereocenters. The van der Waals surface area contributed by atoms with Gasteiger partial charge in [-0.1, -0.05) is 29.5 Å². The Kier molecular flexibility index (Phi) is 5.21. The Bertz CT molecular complexity index is 1290. The Morgan fingerprint density at radius 2 is 1.90 bits per heavy atom. The van der Waals surface area contributed by atoms with Crippen molar-refractivity contribution in [1.29, 1.82) is 0 Å². The van der Waals surface area contributed by atoms with E-state index < -0.39 is 0 Å². The molecule has 5 rings (SSSR count). The number of anilines is 1. The van der Waals surface area contributed by atoms with Gasteiger partial charge in [-0.25, -0.2) is 4.98 Å². The highest BCUT2D eigenvalue weighted by atomic mass is 32.2. The Labute approximate surface area is 186 Å². The van der Waals surface area contributed by atoms with E-state index in [9.17, 15) is 4.79 Å². The predicted octanol–water partition coefficient (Wildman–Crippen LogP) is 4.83. The first kappa shape index (κ1) is 19.8. The lowest BCUT2D eigenvalue weighted by Gasteiger charge is -2.07. The molecular weight excluding hydrogens is 432 g/mol. The quantitative estimate of drug-likeness (QED) is 0.436. The maximum atomic E-state index is 12.4. The topological polar surface area (TPSA) is 86.2 Å². The van der Waals surface area contributed by atoms with Crippen LogP contribution >= 0.6 is 23.1 Å². The average Bonchev–Trinajstić information content (AvgIpc) is 3.39. The van der Waals surface area contributed by atoms with Crippen molar-refractivity contribution in [3.63, 3.8) is 0 Å². The maximum Gasteiger partial charge on any atom is 0.234 e. The predicted molar refractivity (Wildman–Crippen MR) is 122 cm³/mol. The lowest BCUT2D eigenvalue weighted by molar-refractivity contribution is -0.113. The summed E-state index contributed by atoms with van der Waals surface area (Å²) in [5.74, 6) is 1.54. The van der Waals surface area contributed by atoms with Crippen molar-refractivity contribution in [1.82, 2.24) is 15.2 Å². The summed E-state index contributed by atoms with van der Waals surface area (Å²) >= 11 is 2.89. The number of rotatable bonds is 5. The number of aryl methyl sites for hydroxylation is 2. The molecule has 31 heavy (non-hydrogen) atoms. The van der Waals surface area contributed by atoms with E-state index in [1.807, 2.05) is 56.3 Å². The summed E-state index contributed by atoms with van der Waals surface area (Å²) in [6.07, 6.45) is 0. The van der Waals surface area contributed by atoms with Crippen molar-refractivity contribution >= 4 is 44.9 Å². The van der Waals surface area contributed by atoms with Gasteiger partial charge in [-0.05, 0) is 44.2 Å². The van der Waals surface area contributed by atoms with Crippen LogP contribution in [0.15, 0.2) is 47.5 Å². The molecule has 0 atom stereocenters. The normalized spacial score (nSPS) is 12.3. The summed E-state index contributed by atoms with van der Waals surface area (Å²) in [4.78, 5) is 17.0. The molecule has 1 aliphatic rings. The van der Waals surface area contributed by atoms with Gasteiger partial charge in [0.2, 0.25) is 12.7 Å². The van der Waals surface area contributed by atoms with Crippen molar-refractivity contribution in [2.45, 2.75) is 18.9 Å². The first-order chi connectivity index (χ1) is 15.1. The largest absolute Gasteiger partial charge is 0.454 e. The van der Waals surface area contributed by atoms with E-state index >= 15 is 0 Å². The fraction of sp³-hybridized carbons (Fsp3) is 0.182. The highest BCUT2D eigenvalue weighted by molar-refractivity contribution is 8.00. The van der Waals surface area contributed by atoms with Gasteiger partial charge in [-0.3, -0.25) is 4.79 Å². The highest BCUT2D eigenvalue weighted by Crippen LogP contribution is 2.39. The number of benzene rings is 2. The number of nitrogens with one attached hydrogen (secondary N) is 1. The number of carbonyl (C=O) groups is 1. The zero-order chi connectivity index (χ0) is 21.4. The monoisotopic (exact) mass is 450 g/mol. The first-order valence-electron chi connectivity index (χ1n) is 9.60. The smallest absolute Gasteiger partial charge is 0.234 e. The Balaban J connectivity index is 1.38. The molecule has 4 aromatic rings. The number of thioether (sulfide) groups is 1. The van der Waals surface area contributed by atoms with E-state index in [4.69, 9.17) is 9.47 Å². The van der Waals surface area contributed by atoms with Gasteiger partial charge in [0.15, 0.2) is 11.5 Å². The van der Waals surface area contributed by atoms with Gasteiger partial charge in [0.1, 0.15) is 16.2 Å². The van der Waals surface area contributed by atoms with Crippen molar-refractivity contribution in [2.75, 3.05) is 17.9 Å². The molecule has 0 saturated carbocycles. The van der Waals surface area contributed by atoms with Gasteiger partial charge in [0, 0.05) is 11.3 Å². The number of fused-ring (bicyclic) bond motifs is 2. The molecule has 9 heteroatoms. The average molecular weight is 451 g/mol. The third-order valence-corrected chi connectivity index (χ3v) is 6.65. The van der Waals surface area contributed by atoms with Crippen molar-refractivity contribution in [3.8, 4) is 22.8 Å². The third-order valence-electron chi connectivity index (χ3n) is 4.71. The highest BCUT2D eigenvalue weighted by Gasteiger charge is 2.20. The summed E-state index contributed by atoms with van der Waals surface area (Å²) in [7, 11) is 0. The molecule has 1 aliphatic heterocycles. The molecule has 0 saturated heterocycles. The molecule has 156 valence electrons. The van der Waals surface area contributed by atoms with E-state index in [2.05, 4.69) is 20.5 Å². The molecule has 7 nitrogen and oxygen atoms in total. The van der Waals surface area contributed by atoms with Gasteiger partial charge < -0.3 is 14.8 Å². The molecule has 0 aliphatic carbocycles. The van der Waals surface area contributed by atoms with Gasteiger partial charge in [-0.15, -0.1) is 21.5 Å². The van der Waals surface area contributed by atoms with Gasteiger partial charge >= 0.3 is 0 Å². The van der Waals surface area contributed by atoms with Gasteiger partial charge in [-0.2, -0.15) is 0 Å². The second kappa shape index (κ2) is 8.16. The number of ether oxygens (including phenoxy) is 2. The van der Waals surface area contributed by atoms with Crippen LogP contribution in [0.4, 0.5) is 5.69 Å². The van der Waals surface area contributed by atoms with Crippen LogP contribution in [0.5, 0.6) is 11.5 Å². The van der Waals surface area contributed by atoms with Crippen molar-refractivity contribution in [2.24, 2.45) is 0 Å². The van der Waals surface area contributed by atoms with E-state index in [0.29, 0.717) is 10.8 Å². The summed E-state index contributed by atoms with van der Waals surface area (Å²) in [5.41, 5.74) is 4.31. The summed E-state index contributed by atoms with van der Waals surface area (Å²) in [5, 5.41) is 13.3. The molecule has 3 heterocycles. The number of carbonyl (C=O) groups excluding carboxylic acids is 1. The minimum absolute atomic E-state index is 0.101. The summed E-state index contributed by atoms with van der Waals surface area (Å²) < 4.78 is 11.8. The second-order valence-electron chi connectivity index (χ2n) is 7.04. The molecule has 1 N–H and O–H groups in total. The van der Waals surface area contributed by atoms with E-state index in [1.165, 1.54) is 11.8 Å². The Morgan fingerprint density at radius 1 is 1.10 bits per heavy atom. The van der Waals surface area contributed by atoms with Gasteiger partial charge in [0.25, 0.3) is 0 Å². The zero-order valence-electron chi connectivity index (χ0n) is 16.8. The minimum atomic E-state index is -0.101. The van der Waals surface area contributed by atoms with Crippen molar-refractivity contribution in [3.05, 3.63) is 53.0 Å². The standard InChI is InChI=1S/C22H18N4O3S2/c1-12-3-6-15(7-4-12)24-18(27)10-30-22-20-21(31-13(2)23-20)19(25-26-22)14-5-8-16-17(9-14)29-11-28-16/h3-9H,10-11H2,1-2H3,(H,24,27). The van der Waals surface area contributed by atoms with Gasteiger partial charge in [0.05, 0.1) is 15.5 Å². The first-order valence-corrected chi connectivity index (χ1v) is 11.4. The van der Waals surface area contributed by atoms with Crippen LogP contribution in [0.1, 0.15) is 10.6 Å². The zero-order valence-corrected chi connectivity index (χ0v) is 18.5. The Hall–Kier alpha value is -3.17. The van der Waals surface area contributed by atoms with Crippen molar-refractivity contribution < 1.29 is 14.3 Å². The number of amides is 1. The minimum Gasteiger partial charge on any atom is -0.454 e. The fourth-order valence-corrected chi connectivity index (χ4v) is 4.93. The second-order valence-corrected chi connectivity index (χ2v) is 9.20. The third kappa shape index (κ3) is 4.06. The van der Waals surface area contributed by atoms with Crippen LogP contribution in [0.25, 0.3) is 21.5 Å². The Morgan fingerprint density at radius 3 is 2.74 bits per heavy atom. The molecule has 0 bridgehead atoms. The van der Waals surface area contributed by atoms with Crippen LogP contribution in [0.3, 0.4) is 0 Å². The maximum absolute atomic E-state index is 12.4. The number of nitrogens with zero attached hydrogens (tertiary/aromatic N) is 3. The van der Waals surface area contributed by atoms with Crippen LogP contribution in [-0.2, 0) is 4.79 Å². The van der Waals surface area contributed by atoms with Crippen LogP contribution in [0, 0.1) is 13.8 Å². The lowest BCUT2D eigenvalue weighted by atomic mass is 10.1. The fourth-order valence-electron chi connectivity index (χ4n) is 3.22. The molecular formula is C22H18N4O3S2. The number of hydrogen-bond donors (Lipinski definition) is 1. The molecule has 2 aromatic carbocycles. The van der Waals surface area contributed by atoms with E-state index in [-0.39, 0.29) is 18.5 Å². The molecule has 0 spiro atoms. The number of hydrogen-bond acceptors (Lipinski definition) is 8. The van der Waals surface area contributed by atoms with E-state index in [1.54, 1.807) is 11.3 Å². The number of aromatic nitrogens is 3. The lowest BCUT2D eigenvalue weighted by Crippen LogP contribution is -2.14. The SMILES string of the molecule is Cc1ccc(NC(=O)CSc2nnc(-c3ccc4c(c3)OCO4)c3sc(C)nc23)cc1. The molecule has 2 aromatic heterocycles. The summed E-state index contributed by atoms with van der Waals surface area (Å²) in [6.45, 7) is 4.18. The van der Waals surface area contributed by atoms with Crippen LogP contribution < -0.4 is 14.8 Å². The van der Waals surface area contributed by atoms with Crippen LogP contribution in [0.2, 0.25) is 0 Å². The molecule has 1 amide bonds. The van der Waals surface area contributed by atoms with E-state index in [0.717, 1.165) is 43.5 Å². The summed E-state index contributed by atoms with van der Waals surface area (Å²) in [6, 6.07) is 13.4. The number of thiazole rings is 1. The van der Waals surface area contributed by atoms with Crippen LogP contribution in [-0.4, -0.2) is 33.6 Å². The molecule has 0 fully saturated rings.